The van der Waals surface area contributed by atoms with E-state index in [1.807, 2.05) is 12.2 Å². The smallest absolute Gasteiger partial charge is 0.0406 e. The van der Waals surface area contributed by atoms with Crippen molar-refractivity contribution in [2.45, 2.75) is 38.6 Å². The normalized spacial score (nSPS) is 18.8. The molecule has 23 heavy (non-hydrogen) atoms. The first kappa shape index (κ1) is 15.6. The lowest BCUT2D eigenvalue weighted by Gasteiger charge is -2.16. The summed E-state index contributed by atoms with van der Waals surface area (Å²) in [4.78, 5) is 0. The van der Waals surface area contributed by atoms with Crippen LogP contribution >= 0.6 is 0 Å². The SMILES string of the molecule is C=C/C=C\C(NCc1cccc2c1=CCCC=2)=C1\C=CCCC1. The summed E-state index contributed by atoms with van der Waals surface area (Å²) in [5.74, 6) is 0. The molecule has 0 saturated carbocycles. The van der Waals surface area contributed by atoms with Crippen molar-refractivity contribution in [3.05, 3.63) is 82.4 Å². The molecule has 1 heteroatoms. The van der Waals surface area contributed by atoms with Gasteiger partial charge in [0.2, 0.25) is 0 Å². The van der Waals surface area contributed by atoms with Gasteiger partial charge in [0.25, 0.3) is 0 Å². The van der Waals surface area contributed by atoms with Crippen molar-refractivity contribution >= 4 is 12.2 Å². The highest BCUT2D eigenvalue weighted by atomic mass is 14.9. The lowest BCUT2D eigenvalue weighted by atomic mass is 9.99. The molecule has 1 aromatic carbocycles. The third-order valence-electron chi connectivity index (χ3n) is 4.46. The molecule has 0 aliphatic heterocycles. The van der Waals surface area contributed by atoms with Gasteiger partial charge in [0.15, 0.2) is 0 Å². The van der Waals surface area contributed by atoms with Crippen LogP contribution in [0.1, 0.15) is 37.7 Å². The predicted molar refractivity (Wildman–Crippen MR) is 100 cm³/mol. The summed E-state index contributed by atoms with van der Waals surface area (Å²) in [6, 6.07) is 6.62. The Bertz CT molecular complexity index is 775. The number of rotatable bonds is 5. The number of benzene rings is 1. The Hall–Kier alpha value is -2.28. The summed E-state index contributed by atoms with van der Waals surface area (Å²) < 4.78 is 0. The minimum atomic E-state index is 0.863. The molecule has 0 amide bonds. The average Bonchev–Trinajstić information content (AvgIpc) is 2.62. The fourth-order valence-electron chi connectivity index (χ4n) is 3.26. The van der Waals surface area contributed by atoms with E-state index in [-0.39, 0.29) is 0 Å². The van der Waals surface area contributed by atoms with E-state index in [4.69, 9.17) is 0 Å². The van der Waals surface area contributed by atoms with Crippen molar-refractivity contribution in [3.63, 3.8) is 0 Å². The second-order valence-corrected chi connectivity index (χ2v) is 6.09. The third-order valence-corrected chi connectivity index (χ3v) is 4.46. The highest BCUT2D eigenvalue weighted by Crippen LogP contribution is 2.19. The fourth-order valence-corrected chi connectivity index (χ4v) is 3.26. The van der Waals surface area contributed by atoms with Gasteiger partial charge in [-0.1, -0.05) is 61.2 Å². The van der Waals surface area contributed by atoms with Gasteiger partial charge in [-0.05, 0) is 59.8 Å². The van der Waals surface area contributed by atoms with E-state index in [1.165, 1.54) is 40.1 Å². The average molecular weight is 303 g/mol. The second-order valence-electron chi connectivity index (χ2n) is 6.09. The first-order valence-corrected chi connectivity index (χ1v) is 8.59. The molecule has 2 aliphatic rings. The molecule has 3 rings (SSSR count). The quantitative estimate of drug-likeness (QED) is 0.814. The van der Waals surface area contributed by atoms with Gasteiger partial charge in [0.1, 0.15) is 0 Å². The zero-order chi connectivity index (χ0) is 15.9. The zero-order valence-electron chi connectivity index (χ0n) is 13.7. The van der Waals surface area contributed by atoms with Crippen molar-refractivity contribution in [1.29, 1.82) is 0 Å². The minimum absolute atomic E-state index is 0.863. The summed E-state index contributed by atoms with van der Waals surface area (Å²) in [6.07, 6.45) is 21.1. The highest BCUT2D eigenvalue weighted by Gasteiger charge is 2.06. The van der Waals surface area contributed by atoms with Crippen molar-refractivity contribution in [3.8, 4) is 0 Å². The first-order chi connectivity index (χ1) is 11.4. The molecule has 0 bridgehead atoms. The molecular weight excluding hydrogens is 278 g/mol. The molecule has 118 valence electrons. The third kappa shape index (κ3) is 3.92. The summed E-state index contributed by atoms with van der Waals surface area (Å²) in [7, 11) is 0. The van der Waals surface area contributed by atoms with Gasteiger partial charge < -0.3 is 5.32 Å². The molecule has 1 nitrogen and oxygen atoms in total. The van der Waals surface area contributed by atoms with Crippen LogP contribution in [-0.4, -0.2) is 0 Å². The molecular formula is C22H25N. The molecule has 1 N–H and O–H groups in total. The van der Waals surface area contributed by atoms with Gasteiger partial charge in [0, 0.05) is 12.2 Å². The van der Waals surface area contributed by atoms with Crippen LogP contribution in [0.3, 0.4) is 0 Å². The van der Waals surface area contributed by atoms with Gasteiger partial charge in [-0.3, -0.25) is 0 Å². The maximum Gasteiger partial charge on any atom is 0.0406 e. The summed E-state index contributed by atoms with van der Waals surface area (Å²) in [6.45, 7) is 4.65. The zero-order valence-corrected chi connectivity index (χ0v) is 13.7. The van der Waals surface area contributed by atoms with Crippen molar-refractivity contribution in [2.24, 2.45) is 0 Å². The van der Waals surface area contributed by atoms with E-state index in [0.717, 1.165) is 25.8 Å². The Labute approximate surface area is 139 Å². The minimum Gasteiger partial charge on any atom is -0.381 e. The van der Waals surface area contributed by atoms with Crippen molar-refractivity contribution < 1.29 is 0 Å². The number of allylic oxidation sites excluding steroid dienone is 6. The molecule has 1 aromatic rings. The van der Waals surface area contributed by atoms with Crippen molar-refractivity contribution in [1.82, 2.24) is 5.32 Å². The lowest BCUT2D eigenvalue weighted by molar-refractivity contribution is 0.769. The monoisotopic (exact) mass is 303 g/mol. The number of fused-ring (bicyclic) bond motifs is 1. The van der Waals surface area contributed by atoms with Gasteiger partial charge in [0.05, 0.1) is 0 Å². The largest absolute Gasteiger partial charge is 0.381 e. The molecule has 0 saturated heterocycles. The molecule has 0 radical (unpaired) electrons. The van der Waals surface area contributed by atoms with Crippen LogP contribution in [0.4, 0.5) is 0 Å². The maximum atomic E-state index is 3.79. The van der Waals surface area contributed by atoms with Crippen LogP contribution in [0.5, 0.6) is 0 Å². The molecule has 0 atom stereocenters. The van der Waals surface area contributed by atoms with Crippen LogP contribution in [0.15, 0.2) is 66.4 Å². The van der Waals surface area contributed by atoms with Crippen LogP contribution < -0.4 is 15.8 Å². The summed E-state index contributed by atoms with van der Waals surface area (Å²) in [5, 5.41) is 6.43. The first-order valence-electron chi connectivity index (χ1n) is 8.59. The fraction of sp³-hybridized carbons (Fsp3) is 0.273. The Morgan fingerprint density at radius 3 is 2.91 bits per heavy atom. The summed E-state index contributed by atoms with van der Waals surface area (Å²) in [5.41, 5.74) is 4.00. The van der Waals surface area contributed by atoms with Crippen LogP contribution in [0.25, 0.3) is 12.2 Å². The molecule has 0 unspecified atom stereocenters. The van der Waals surface area contributed by atoms with E-state index in [1.54, 1.807) is 0 Å². The highest BCUT2D eigenvalue weighted by molar-refractivity contribution is 5.42. The second kappa shape index (κ2) is 7.82. The Morgan fingerprint density at radius 1 is 1.17 bits per heavy atom. The summed E-state index contributed by atoms with van der Waals surface area (Å²) >= 11 is 0. The van der Waals surface area contributed by atoms with Gasteiger partial charge in [-0.25, -0.2) is 0 Å². The van der Waals surface area contributed by atoms with Crippen LogP contribution in [-0.2, 0) is 6.54 Å². The topological polar surface area (TPSA) is 12.0 Å². The lowest BCUT2D eigenvalue weighted by Crippen LogP contribution is -2.32. The molecule has 0 spiro atoms. The molecule has 0 fully saturated rings. The van der Waals surface area contributed by atoms with E-state index < -0.39 is 0 Å². The Balaban J connectivity index is 1.86. The van der Waals surface area contributed by atoms with Crippen molar-refractivity contribution in [2.75, 3.05) is 0 Å². The van der Waals surface area contributed by atoms with Crippen LogP contribution in [0.2, 0.25) is 0 Å². The maximum absolute atomic E-state index is 3.79. The Kier molecular flexibility index (Phi) is 5.31. The van der Waals surface area contributed by atoms with E-state index in [0.29, 0.717) is 0 Å². The van der Waals surface area contributed by atoms with Crippen LogP contribution in [0, 0.1) is 0 Å². The number of nitrogens with one attached hydrogen (secondary N) is 1. The van der Waals surface area contributed by atoms with E-state index >= 15 is 0 Å². The molecule has 2 aliphatic carbocycles. The van der Waals surface area contributed by atoms with E-state index in [9.17, 15) is 0 Å². The van der Waals surface area contributed by atoms with Gasteiger partial charge in [-0.2, -0.15) is 0 Å². The predicted octanol–water partition coefficient (Wildman–Crippen LogP) is 3.87. The Morgan fingerprint density at radius 2 is 2.09 bits per heavy atom. The standard InChI is InChI=1S/C22H25N/c1-2-3-16-22(19-11-5-4-6-12-19)23-17-20-14-9-13-18-10-7-8-15-21(18)20/h2-3,5,9-11,13-16,23H,1,4,6-8,12,17H2/b16-3-,22-19+. The van der Waals surface area contributed by atoms with E-state index in [2.05, 4.69) is 60.5 Å². The molecule has 0 aromatic heterocycles. The number of hydrogen-bond acceptors (Lipinski definition) is 1. The van der Waals surface area contributed by atoms with Gasteiger partial charge in [-0.15, -0.1) is 0 Å². The number of hydrogen-bond donors (Lipinski definition) is 1. The molecule has 0 heterocycles. The van der Waals surface area contributed by atoms with Gasteiger partial charge >= 0.3 is 0 Å².